The van der Waals surface area contributed by atoms with Crippen molar-refractivity contribution in [2.75, 3.05) is 0 Å². The van der Waals surface area contributed by atoms with Gasteiger partial charge in [0.05, 0.1) is 5.69 Å². The first-order chi connectivity index (χ1) is 8.31. The van der Waals surface area contributed by atoms with Crippen molar-refractivity contribution in [3.8, 4) is 0 Å². The van der Waals surface area contributed by atoms with Crippen LogP contribution in [0.1, 0.15) is 76.6 Å². The summed E-state index contributed by atoms with van der Waals surface area (Å²) in [5.74, 6) is 2.04. The number of rotatable bonds is 9. The Labute approximate surface area is 106 Å². The normalized spacial score (nSPS) is 11.0. The Morgan fingerprint density at radius 2 is 1.59 bits per heavy atom. The summed E-state index contributed by atoms with van der Waals surface area (Å²) < 4.78 is 5.77. The fourth-order valence-electron chi connectivity index (χ4n) is 2.15. The van der Waals surface area contributed by atoms with Gasteiger partial charge in [-0.05, 0) is 12.8 Å². The highest BCUT2D eigenvalue weighted by Gasteiger charge is 2.09. The number of aromatic nitrogens is 1. The molecule has 0 radical (unpaired) electrons. The average molecular weight is 237 g/mol. The molecular formula is C15H27NO. The first-order valence-corrected chi connectivity index (χ1v) is 7.29. The van der Waals surface area contributed by atoms with Gasteiger partial charge in [-0.3, -0.25) is 0 Å². The van der Waals surface area contributed by atoms with Crippen molar-refractivity contribution in [3.63, 3.8) is 0 Å². The van der Waals surface area contributed by atoms with Gasteiger partial charge in [0.25, 0.3) is 0 Å². The van der Waals surface area contributed by atoms with E-state index in [9.17, 15) is 0 Å². The van der Waals surface area contributed by atoms with E-state index in [-0.39, 0.29) is 0 Å². The van der Waals surface area contributed by atoms with E-state index in [0.29, 0.717) is 0 Å². The lowest BCUT2D eigenvalue weighted by atomic mass is 10.1. The van der Waals surface area contributed by atoms with Crippen LogP contribution >= 0.6 is 0 Å². The lowest BCUT2D eigenvalue weighted by molar-refractivity contribution is 0.446. The van der Waals surface area contributed by atoms with Gasteiger partial charge in [-0.25, -0.2) is 4.98 Å². The Morgan fingerprint density at radius 1 is 0.882 bits per heavy atom. The summed E-state index contributed by atoms with van der Waals surface area (Å²) in [5, 5.41) is 0. The number of hydrogen-bond acceptors (Lipinski definition) is 2. The molecule has 1 aromatic heterocycles. The second-order valence-corrected chi connectivity index (χ2v) is 4.70. The fourth-order valence-corrected chi connectivity index (χ4v) is 2.15. The molecule has 1 heterocycles. The maximum Gasteiger partial charge on any atom is 0.194 e. The van der Waals surface area contributed by atoms with Crippen LogP contribution in [0.3, 0.4) is 0 Å². The molecule has 0 aliphatic heterocycles. The van der Waals surface area contributed by atoms with Gasteiger partial charge in [0.1, 0.15) is 5.76 Å². The molecule has 0 N–H and O–H groups in total. The van der Waals surface area contributed by atoms with Gasteiger partial charge < -0.3 is 4.42 Å². The molecule has 0 fully saturated rings. The molecule has 17 heavy (non-hydrogen) atoms. The minimum absolute atomic E-state index is 0.953. The van der Waals surface area contributed by atoms with Crippen LogP contribution in [0.15, 0.2) is 4.42 Å². The van der Waals surface area contributed by atoms with Crippen LogP contribution in [0.2, 0.25) is 0 Å². The third-order valence-corrected chi connectivity index (χ3v) is 3.22. The number of hydrogen-bond donors (Lipinski definition) is 0. The summed E-state index contributed by atoms with van der Waals surface area (Å²) in [5.41, 5.74) is 1.16. The molecule has 0 aliphatic rings. The topological polar surface area (TPSA) is 26.0 Å². The van der Waals surface area contributed by atoms with Crippen molar-refractivity contribution in [2.24, 2.45) is 0 Å². The van der Waals surface area contributed by atoms with E-state index in [4.69, 9.17) is 4.42 Å². The predicted octanol–water partition coefficient (Wildman–Crippen LogP) is 4.70. The van der Waals surface area contributed by atoms with Crippen LogP contribution in [0, 0.1) is 0 Å². The van der Waals surface area contributed by atoms with Gasteiger partial charge in [0.2, 0.25) is 0 Å². The summed E-state index contributed by atoms with van der Waals surface area (Å²) >= 11 is 0. The molecule has 0 saturated heterocycles. The van der Waals surface area contributed by atoms with Crippen molar-refractivity contribution in [1.82, 2.24) is 4.98 Å². The predicted molar refractivity (Wildman–Crippen MR) is 72.3 cm³/mol. The molecular weight excluding hydrogens is 210 g/mol. The van der Waals surface area contributed by atoms with Gasteiger partial charge in [-0.2, -0.15) is 0 Å². The quantitative estimate of drug-likeness (QED) is 0.582. The molecule has 0 atom stereocenters. The maximum atomic E-state index is 5.77. The smallest absolute Gasteiger partial charge is 0.194 e. The number of aryl methyl sites for hydroxylation is 3. The number of oxazole rings is 1. The van der Waals surface area contributed by atoms with E-state index in [2.05, 4.69) is 25.8 Å². The van der Waals surface area contributed by atoms with Crippen LogP contribution in [0.25, 0.3) is 0 Å². The highest BCUT2D eigenvalue weighted by molar-refractivity contribution is 5.09. The first kappa shape index (κ1) is 14.3. The van der Waals surface area contributed by atoms with E-state index < -0.39 is 0 Å². The SMILES string of the molecule is CCCCCCCCc1nc(CC)c(CC)o1. The van der Waals surface area contributed by atoms with E-state index >= 15 is 0 Å². The lowest BCUT2D eigenvalue weighted by Gasteiger charge is -1.98. The summed E-state index contributed by atoms with van der Waals surface area (Å²) in [4.78, 5) is 4.57. The zero-order chi connectivity index (χ0) is 12.5. The van der Waals surface area contributed by atoms with Crippen LogP contribution in [-0.2, 0) is 19.3 Å². The molecule has 0 aliphatic carbocycles. The fraction of sp³-hybridized carbons (Fsp3) is 0.800. The molecule has 1 rings (SSSR count). The Hall–Kier alpha value is -0.790. The van der Waals surface area contributed by atoms with E-state index in [1.165, 1.54) is 38.5 Å². The van der Waals surface area contributed by atoms with Gasteiger partial charge in [-0.15, -0.1) is 0 Å². The zero-order valence-corrected chi connectivity index (χ0v) is 11.7. The summed E-state index contributed by atoms with van der Waals surface area (Å²) in [6.45, 7) is 6.53. The van der Waals surface area contributed by atoms with E-state index in [1.807, 2.05) is 0 Å². The number of nitrogens with zero attached hydrogens (tertiary/aromatic N) is 1. The van der Waals surface area contributed by atoms with Gasteiger partial charge in [0.15, 0.2) is 5.89 Å². The first-order valence-electron chi connectivity index (χ1n) is 7.29. The number of unbranched alkanes of at least 4 members (excludes halogenated alkanes) is 5. The maximum absolute atomic E-state index is 5.77. The second kappa shape index (κ2) is 8.32. The molecule has 0 unspecified atom stereocenters. The molecule has 0 spiro atoms. The Kier molecular flexibility index (Phi) is 6.99. The van der Waals surface area contributed by atoms with Crippen molar-refractivity contribution < 1.29 is 4.42 Å². The minimum atomic E-state index is 0.953. The third kappa shape index (κ3) is 4.93. The molecule has 1 aromatic rings. The van der Waals surface area contributed by atoms with E-state index in [0.717, 1.165) is 36.6 Å². The van der Waals surface area contributed by atoms with Crippen LogP contribution in [0.4, 0.5) is 0 Å². The monoisotopic (exact) mass is 237 g/mol. The summed E-state index contributed by atoms with van der Waals surface area (Å²) in [7, 11) is 0. The lowest BCUT2D eigenvalue weighted by Crippen LogP contribution is -1.88. The van der Waals surface area contributed by atoms with Crippen molar-refractivity contribution in [3.05, 3.63) is 17.3 Å². The standard InChI is InChI=1S/C15H27NO/c1-4-7-8-9-10-11-12-15-16-13(5-2)14(6-3)17-15/h4-12H2,1-3H3. The van der Waals surface area contributed by atoms with E-state index in [1.54, 1.807) is 0 Å². The minimum Gasteiger partial charge on any atom is -0.445 e. The molecule has 2 nitrogen and oxygen atoms in total. The molecule has 0 aromatic carbocycles. The molecule has 0 bridgehead atoms. The third-order valence-electron chi connectivity index (χ3n) is 3.22. The Morgan fingerprint density at radius 3 is 2.18 bits per heavy atom. The zero-order valence-electron chi connectivity index (χ0n) is 11.7. The Bertz CT molecular complexity index is 282. The average Bonchev–Trinajstić information content (AvgIpc) is 2.76. The summed E-state index contributed by atoms with van der Waals surface area (Å²) in [6, 6.07) is 0. The van der Waals surface area contributed by atoms with Crippen LogP contribution in [-0.4, -0.2) is 4.98 Å². The molecule has 98 valence electrons. The van der Waals surface area contributed by atoms with Gasteiger partial charge >= 0.3 is 0 Å². The second-order valence-electron chi connectivity index (χ2n) is 4.70. The van der Waals surface area contributed by atoms with Crippen LogP contribution < -0.4 is 0 Å². The van der Waals surface area contributed by atoms with Crippen molar-refractivity contribution >= 4 is 0 Å². The highest BCUT2D eigenvalue weighted by Crippen LogP contribution is 2.15. The molecule has 2 heteroatoms. The van der Waals surface area contributed by atoms with Gasteiger partial charge in [-0.1, -0.05) is 52.9 Å². The van der Waals surface area contributed by atoms with Gasteiger partial charge in [0, 0.05) is 12.8 Å². The molecule has 0 amide bonds. The van der Waals surface area contributed by atoms with Crippen LogP contribution in [0.5, 0.6) is 0 Å². The largest absolute Gasteiger partial charge is 0.445 e. The highest BCUT2D eigenvalue weighted by atomic mass is 16.4. The van der Waals surface area contributed by atoms with Crippen molar-refractivity contribution in [1.29, 1.82) is 0 Å². The summed E-state index contributed by atoms with van der Waals surface area (Å²) in [6.07, 6.45) is 10.9. The van der Waals surface area contributed by atoms with Crippen molar-refractivity contribution in [2.45, 2.75) is 78.6 Å². The Balaban J connectivity index is 2.24. The molecule has 0 saturated carbocycles.